The summed E-state index contributed by atoms with van der Waals surface area (Å²) < 4.78 is 20.1. The minimum absolute atomic E-state index is 0.244. The third-order valence-corrected chi connectivity index (χ3v) is 8.25. The molecule has 2 fully saturated rings. The Morgan fingerprint density at radius 2 is 1.85 bits per heavy atom. The Morgan fingerprint density at radius 3 is 2.76 bits per heavy atom. The molecular weight excluding hydrogens is 515 g/mol. The molecule has 0 radical (unpaired) electrons. The second-order valence-electron chi connectivity index (χ2n) is 10.9. The molecule has 8 rings (SSSR count). The lowest BCUT2D eigenvalue weighted by molar-refractivity contribution is 0.237. The van der Waals surface area contributed by atoms with Crippen LogP contribution in [0.3, 0.4) is 0 Å². The van der Waals surface area contributed by atoms with E-state index in [0.717, 1.165) is 74.1 Å². The fourth-order valence-electron chi connectivity index (χ4n) is 6.15. The lowest BCUT2D eigenvalue weighted by atomic mass is 10.0. The average molecular weight is 545 g/mol. The number of nitrogens with one attached hydrogen (secondary N) is 2. The topological polar surface area (TPSA) is 72.8 Å². The van der Waals surface area contributed by atoms with Crippen molar-refractivity contribution < 1.29 is 9.13 Å². The SMILES string of the molecule is Fc1cccc(-c2cccc3[nH]c(-c4n[nH]c5c4=C4CN4C(c4cncc(OCCN6CCCC6)c4)=CC=5)cc23)c1. The summed E-state index contributed by atoms with van der Waals surface area (Å²) in [5.41, 5.74) is 7.96. The van der Waals surface area contributed by atoms with Gasteiger partial charge in [0.25, 0.3) is 0 Å². The molecule has 0 atom stereocenters. The molecular formula is C33H29FN6O. The van der Waals surface area contributed by atoms with Crippen molar-refractivity contribution in [3.63, 3.8) is 0 Å². The van der Waals surface area contributed by atoms with Crippen LogP contribution in [0.1, 0.15) is 18.4 Å². The number of hydrogen-bond donors (Lipinski definition) is 2. The highest BCUT2D eigenvalue weighted by molar-refractivity contribution is 5.98. The largest absolute Gasteiger partial charge is 0.491 e. The minimum atomic E-state index is -0.244. The van der Waals surface area contributed by atoms with Gasteiger partial charge in [0.2, 0.25) is 0 Å². The van der Waals surface area contributed by atoms with Gasteiger partial charge in [0, 0.05) is 29.2 Å². The molecule has 2 N–H and O–H groups in total. The Morgan fingerprint density at radius 1 is 0.951 bits per heavy atom. The van der Waals surface area contributed by atoms with Gasteiger partial charge in [-0.15, -0.1) is 0 Å². The molecule has 8 heteroatoms. The number of rotatable bonds is 7. The van der Waals surface area contributed by atoms with Gasteiger partial charge in [-0.3, -0.25) is 15.0 Å². The number of fused-ring (bicyclic) bond motifs is 3. The van der Waals surface area contributed by atoms with Crippen molar-refractivity contribution in [2.75, 3.05) is 32.8 Å². The standard InChI is InChI=1S/C33H29FN6O/c34-23-6-3-5-21(15-23)25-7-4-8-27-26(25)17-29(36-27)33-32-28(37-38-33)9-10-30(40-20-31(32)40)22-16-24(19-35-18-22)41-14-13-39-11-1-2-12-39/h3-10,15-19,36-37H,1-2,11-14,20H2. The highest BCUT2D eigenvalue weighted by atomic mass is 19.1. The first-order valence-corrected chi connectivity index (χ1v) is 14.2. The molecule has 7 nitrogen and oxygen atoms in total. The highest BCUT2D eigenvalue weighted by Gasteiger charge is 2.34. The van der Waals surface area contributed by atoms with Crippen LogP contribution in [0.2, 0.25) is 0 Å². The molecule has 41 heavy (non-hydrogen) atoms. The number of ether oxygens (including phenoxy) is 1. The Balaban J connectivity index is 1.10. The maximum atomic E-state index is 14.0. The van der Waals surface area contributed by atoms with Gasteiger partial charge in [0.05, 0.1) is 40.4 Å². The second-order valence-corrected chi connectivity index (χ2v) is 10.9. The second kappa shape index (κ2) is 9.74. The summed E-state index contributed by atoms with van der Waals surface area (Å²) in [7, 11) is 0. The van der Waals surface area contributed by atoms with E-state index in [2.05, 4.69) is 49.2 Å². The van der Waals surface area contributed by atoms with Crippen LogP contribution < -0.4 is 15.3 Å². The van der Waals surface area contributed by atoms with Gasteiger partial charge in [-0.05, 0) is 79.5 Å². The van der Waals surface area contributed by atoms with Gasteiger partial charge in [-0.1, -0.05) is 24.3 Å². The molecule has 6 heterocycles. The fraction of sp³-hybridized carbons (Fsp3) is 0.212. The van der Waals surface area contributed by atoms with Crippen LogP contribution in [0, 0.1) is 5.82 Å². The summed E-state index contributed by atoms with van der Waals surface area (Å²) in [4.78, 5) is 12.8. The number of benzene rings is 2. The highest BCUT2D eigenvalue weighted by Crippen LogP contribution is 2.37. The van der Waals surface area contributed by atoms with E-state index in [1.54, 1.807) is 18.3 Å². The number of allylic oxidation sites excluding steroid dienone is 1. The van der Waals surface area contributed by atoms with Crippen LogP contribution in [0.5, 0.6) is 5.75 Å². The number of aromatic nitrogens is 4. The predicted octanol–water partition coefficient (Wildman–Crippen LogP) is 4.49. The molecule has 2 aromatic carbocycles. The van der Waals surface area contributed by atoms with E-state index in [1.807, 2.05) is 30.5 Å². The van der Waals surface area contributed by atoms with Crippen molar-refractivity contribution >= 4 is 28.4 Å². The molecule has 0 saturated carbocycles. The number of hydrogen-bond acceptors (Lipinski definition) is 5. The van der Waals surface area contributed by atoms with Crippen LogP contribution in [-0.4, -0.2) is 62.8 Å². The molecule has 0 amide bonds. The molecule has 3 aliphatic rings. The third-order valence-electron chi connectivity index (χ3n) is 8.25. The first kappa shape index (κ1) is 24.1. The van der Waals surface area contributed by atoms with Crippen LogP contribution in [0.4, 0.5) is 4.39 Å². The molecule has 5 aromatic rings. The average Bonchev–Trinajstić information content (AvgIpc) is 3.31. The minimum Gasteiger partial charge on any atom is -0.491 e. The van der Waals surface area contributed by atoms with E-state index in [0.29, 0.717) is 6.61 Å². The first-order chi connectivity index (χ1) is 20.2. The van der Waals surface area contributed by atoms with Gasteiger partial charge < -0.3 is 14.6 Å². The number of aromatic amines is 2. The van der Waals surface area contributed by atoms with Gasteiger partial charge in [0.15, 0.2) is 0 Å². The summed E-state index contributed by atoms with van der Waals surface area (Å²) in [5, 5.41) is 11.1. The number of nitrogens with zero attached hydrogens (tertiary/aromatic N) is 4. The monoisotopic (exact) mass is 544 g/mol. The van der Waals surface area contributed by atoms with Crippen LogP contribution in [0.25, 0.3) is 50.9 Å². The third kappa shape index (κ3) is 4.40. The number of pyridine rings is 1. The summed E-state index contributed by atoms with van der Waals surface area (Å²) in [6, 6.07) is 17.0. The zero-order valence-electron chi connectivity index (χ0n) is 22.5. The van der Waals surface area contributed by atoms with Crippen LogP contribution in [0.15, 0.2) is 73.1 Å². The number of likely N-dealkylation sites (tertiary alicyclic amines) is 1. The summed E-state index contributed by atoms with van der Waals surface area (Å²) in [5.74, 6) is 0.551. The Labute approximate surface area is 236 Å². The molecule has 0 spiro atoms. The molecule has 0 bridgehead atoms. The van der Waals surface area contributed by atoms with E-state index < -0.39 is 0 Å². The molecule has 3 aliphatic heterocycles. The summed E-state index contributed by atoms with van der Waals surface area (Å²) >= 11 is 0. The van der Waals surface area contributed by atoms with Crippen molar-refractivity contribution in [2.45, 2.75) is 12.8 Å². The number of halogens is 1. The van der Waals surface area contributed by atoms with E-state index >= 15 is 0 Å². The van der Waals surface area contributed by atoms with E-state index in [4.69, 9.17) is 9.84 Å². The molecule has 0 aliphatic carbocycles. The van der Waals surface area contributed by atoms with Gasteiger partial charge >= 0.3 is 0 Å². The van der Waals surface area contributed by atoms with E-state index in [1.165, 1.54) is 37.7 Å². The Bertz CT molecular complexity index is 1950. The van der Waals surface area contributed by atoms with Crippen molar-refractivity contribution in [3.05, 3.63) is 95.0 Å². The Hall–Kier alpha value is -4.69. The summed E-state index contributed by atoms with van der Waals surface area (Å²) in [6.07, 6.45) is 10.5. The zero-order chi connectivity index (χ0) is 27.3. The van der Waals surface area contributed by atoms with Gasteiger partial charge in [-0.2, -0.15) is 5.10 Å². The van der Waals surface area contributed by atoms with Crippen molar-refractivity contribution in [1.29, 1.82) is 0 Å². The van der Waals surface area contributed by atoms with E-state index in [-0.39, 0.29) is 5.82 Å². The fourth-order valence-corrected chi connectivity index (χ4v) is 6.15. The molecule has 0 unspecified atom stereocenters. The first-order valence-electron chi connectivity index (χ1n) is 14.2. The smallest absolute Gasteiger partial charge is 0.138 e. The van der Waals surface area contributed by atoms with E-state index in [9.17, 15) is 4.39 Å². The van der Waals surface area contributed by atoms with Gasteiger partial charge in [0.1, 0.15) is 23.9 Å². The lowest BCUT2D eigenvalue weighted by Crippen LogP contribution is -2.25. The zero-order valence-corrected chi connectivity index (χ0v) is 22.5. The van der Waals surface area contributed by atoms with Crippen molar-refractivity contribution in [2.24, 2.45) is 0 Å². The summed E-state index contributed by atoms with van der Waals surface area (Å²) in [6.45, 7) is 4.78. The van der Waals surface area contributed by atoms with Crippen molar-refractivity contribution in [1.82, 2.24) is 30.0 Å². The van der Waals surface area contributed by atoms with Crippen molar-refractivity contribution in [3.8, 4) is 28.3 Å². The normalized spacial score (nSPS) is 16.3. The maximum absolute atomic E-state index is 14.0. The van der Waals surface area contributed by atoms with Crippen LogP contribution >= 0.6 is 0 Å². The maximum Gasteiger partial charge on any atom is 0.138 e. The predicted molar refractivity (Wildman–Crippen MR) is 158 cm³/mol. The molecule has 3 aromatic heterocycles. The quantitative estimate of drug-likeness (QED) is 0.296. The molecule has 2 saturated heterocycles. The Kier molecular flexibility index (Phi) is 5.74. The molecule has 204 valence electrons. The van der Waals surface area contributed by atoms with Crippen LogP contribution in [-0.2, 0) is 0 Å². The lowest BCUT2D eigenvalue weighted by Gasteiger charge is -2.15. The van der Waals surface area contributed by atoms with Gasteiger partial charge in [-0.25, -0.2) is 4.39 Å². The number of H-pyrrole nitrogens is 2.